The number of rotatable bonds is 5. The van der Waals surface area contributed by atoms with Gasteiger partial charge in [-0.25, -0.2) is 0 Å². The second-order valence-electron chi connectivity index (χ2n) is 5.17. The molecule has 1 N–H and O–H groups in total. The Kier molecular flexibility index (Phi) is 4.40. The van der Waals surface area contributed by atoms with E-state index in [0.717, 1.165) is 38.7 Å². The van der Waals surface area contributed by atoms with Crippen LogP contribution in [0.2, 0.25) is 0 Å². The van der Waals surface area contributed by atoms with Crippen LogP contribution in [0.25, 0.3) is 0 Å². The van der Waals surface area contributed by atoms with Gasteiger partial charge in [0.2, 0.25) is 5.91 Å². The molecule has 1 amide bonds. The molecule has 0 spiro atoms. The van der Waals surface area contributed by atoms with E-state index < -0.39 is 0 Å². The number of ether oxygens (including phenoxy) is 1. The number of carbonyl (C=O) groups is 1. The Morgan fingerprint density at radius 3 is 2.53 bits per heavy atom. The van der Waals surface area contributed by atoms with Crippen molar-refractivity contribution < 1.29 is 14.6 Å². The zero-order chi connectivity index (χ0) is 12.3. The van der Waals surface area contributed by atoms with Gasteiger partial charge in [-0.05, 0) is 32.1 Å². The maximum Gasteiger partial charge on any atom is 0.225 e. The van der Waals surface area contributed by atoms with Crippen molar-refractivity contribution in [2.75, 3.05) is 13.2 Å². The first-order valence-electron chi connectivity index (χ1n) is 6.79. The third kappa shape index (κ3) is 2.99. The monoisotopic (exact) mass is 241 g/mol. The molecule has 2 fully saturated rings. The van der Waals surface area contributed by atoms with Crippen molar-refractivity contribution in [1.82, 2.24) is 4.90 Å². The second-order valence-corrected chi connectivity index (χ2v) is 5.17. The SMILES string of the molecule is CCCOCCC(=O)N1C2CCC1CC(O)C2. The van der Waals surface area contributed by atoms with Crippen LogP contribution in [0.1, 0.15) is 45.4 Å². The zero-order valence-electron chi connectivity index (χ0n) is 10.6. The third-order valence-electron chi connectivity index (χ3n) is 3.80. The quantitative estimate of drug-likeness (QED) is 0.738. The summed E-state index contributed by atoms with van der Waals surface area (Å²) >= 11 is 0. The zero-order valence-corrected chi connectivity index (χ0v) is 10.6. The summed E-state index contributed by atoms with van der Waals surface area (Å²) in [7, 11) is 0. The fourth-order valence-electron chi connectivity index (χ4n) is 3.09. The van der Waals surface area contributed by atoms with Crippen LogP contribution in [0.15, 0.2) is 0 Å². The minimum atomic E-state index is -0.201. The topological polar surface area (TPSA) is 49.8 Å². The summed E-state index contributed by atoms with van der Waals surface area (Å²) in [5, 5.41) is 9.67. The van der Waals surface area contributed by atoms with E-state index in [0.29, 0.717) is 13.0 Å². The summed E-state index contributed by atoms with van der Waals surface area (Å²) in [4.78, 5) is 14.1. The van der Waals surface area contributed by atoms with Gasteiger partial charge in [-0.15, -0.1) is 0 Å². The summed E-state index contributed by atoms with van der Waals surface area (Å²) in [6.07, 6.45) is 4.93. The van der Waals surface area contributed by atoms with Crippen molar-refractivity contribution in [3.8, 4) is 0 Å². The first-order chi connectivity index (χ1) is 8.22. The van der Waals surface area contributed by atoms with Crippen molar-refractivity contribution in [2.45, 2.75) is 63.6 Å². The summed E-state index contributed by atoms with van der Waals surface area (Å²) in [5.41, 5.74) is 0. The maximum atomic E-state index is 12.1. The first kappa shape index (κ1) is 12.8. The highest BCUT2D eigenvalue weighted by Gasteiger charge is 2.42. The van der Waals surface area contributed by atoms with Crippen LogP contribution in [0.4, 0.5) is 0 Å². The molecular formula is C13H23NO3. The molecule has 0 aromatic carbocycles. The van der Waals surface area contributed by atoms with Crippen LogP contribution in [0.3, 0.4) is 0 Å². The van der Waals surface area contributed by atoms with Crippen molar-refractivity contribution >= 4 is 5.91 Å². The highest BCUT2D eigenvalue weighted by Crippen LogP contribution is 2.35. The predicted molar refractivity (Wildman–Crippen MR) is 64.6 cm³/mol. The molecule has 2 rings (SSSR count). The van der Waals surface area contributed by atoms with Crippen LogP contribution in [0.5, 0.6) is 0 Å². The number of fused-ring (bicyclic) bond motifs is 2. The van der Waals surface area contributed by atoms with E-state index in [1.165, 1.54) is 0 Å². The molecule has 2 aliphatic rings. The van der Waals surface area contributed by atoms with Gasteiger partial charge < -0.3 is 14.7 Å². The van der Waals surface area contributed by atoms with Crippen LogP contribution in [0, 0.1) is 0 Å². The second kappa shape index (κ2) is 5.83. The van der Waals surface area contributed by atoms with Gasteiger partial charge in [0.15, 0.2) is 0 Å². The average Bonchev–Trinajstić information content (AvgIpc) is 2.57. The van der Waals surface area contributed by atoms with Gasteiger partial charge in [0.25, 0.3) is 0 Å². The Hall–Kier alpha value is -0.610. The fourth-order valence-corrected chi connectivity index (χ4v) is 3.09. The van der Waals surface area contributed by atoms with Crippen molar-refractivity contribution in [3.63, 3.8) is 0 Å². The number of amides is 1. The van der Waals surface area contributed by atoms with Crippen molar-refractivity contribution in [2.24, 2.45) is 0 Å². The molecule has 98 valence electrons. The van der Waals surface area contributed by atoms with E-state index in [1.54, 1.807) is 0 Å². The molecule has 2 aliphatic heterocycles. The molecule has 0 aliphatic carbocycles. The van der Waals surface area contributed by atoms with Gasteiger partial charge in [0.1, 0.15) is 0 Å². The molecule has 0 aromatic rings. The molecule has 0 radical (unpaired) electrons. The lowest BCUT2D eigenvalue weighted by Crippen LogP contribution is -2.48. The lowest BCUT2D eigenvalue weighted by atomic mass is 9.99. The van der Waals surface area contributed by atoms with E-state index in [4.69, 9.17) is 4.74 Å². The molecular weight excluding hydrogens is 218 g/mol. The van der Waals surface area contributed by atoms with Crippen molar-refractivity contribution in [3.05, 3.63) is 0 Å². The fraction of sp³-hybridized carbons (Fsp3) is 0.923. The third-order valence-corrected chi connectivity index (χ3v) is 3.80. The maximum absolute atomic E-state index is 12.1. The minimum absolute atomic E-state index is 0.201. The number of hydrogen-bond donors (Lipinski definition) is 1. The molecule has 2 bridgehead atoms. The average molecular weight is 241 g/mol. The number of aliphatic hydroxyl groups is 1. The van der Waals surface area contributed by atoms with E-state index >= 15 is 0 Å². The van der Waals surface area contributed by atoms with Gasteiger partial charge in [-0.3, -0.25) is 4.79 Å². The Morgan fingerprint density at radius 2 is 1.94 bits per heavy atom. The largest absolute Gasteiger partial charge is 0.393 e. The molecule has 2 unspecified atom stereocenters. The number of piperidine rings is 1. The lowest BCUT2D eigenvalue weighted by molar-refractivity contribution is -0.138. The Bertz CT molecular complexity index is 255. The molecule has 0 saturated carbocycles. The van der Waals surface area contributed by atoms with Gasteiger partial charge in [0, 0.05) is 18.7 Å². The van der Waals surface area contributed by atoms with E-state index in [1.807, 2.05) is 4.90 Å². The molecule has 4 heteroatoms. The smallest absolute Gasteiger partial charge is 0.225 e. The number of nitrogens with zero attached hydrogens (tertiary/aromatic N) is 1. The van der Waals surface area contributed by atoms with Crippen molar-refractivity contribution in [1.29, 1.82) is 0 Å². The number of aliphatic hydroxyl groups excluding tert-OH is 1. The molecule has 2 heterocycles. The van der Waals surface area contributed by atoms with Crippen LogP contribution < -0.4 is 0 Å². The van der Waals surface area contributed by atoms with E-state index in [9.17, 15) is 9.90 Å². The number of hydrogen-bond acceptors (Lipinski definition) is 3. The molecule has 0 aromatic heterocycles. The van der Waals surface area contributed by atoms with Gasteiger partial charge in [-0.2, -0.15) is 0 Å². The van der Waals surface area contributed by atoms with Gasteiger partial charge >= 0.3 is 0 Å². The summed E-state index contributed by atoms with van der Waals surface area (Å²) in [6, 6.07) is 0.560. The standard InChI is InChI=1S/C13H23NO3/c1-2-6-17-7-5-13(16)14-10-3-4-11(14)9-12(15)8-10/h10-12,15H,2-9H2,1H3. The number of carbonyl (C=O) groups excluding carboxylic acids is 1. The lowest BCUT2D eigenvalue weighted by Gasteiger charge is -2.37. The first-order valence-corrected chi connectivity index (χ1v) is 6.79. The van der Waals surface area contributed by atoms with Gasteiger partial charge in [-0.1, -0.05) is 6.92 Å². The molecule has 17 heavy (non-hydrogen) atoms. The van der Waals surface area contributed by atoms with E-state index in [-0.39, 0.29) is 24.1 Å². The normalized spacial score (nSPS) is 31.9. The van der Waals surface area contributed by atoms with Gasteiger partial charge in [0.05, 0.1) is 19.1 Å². The summed E-state index contributed by atoms with van der Waals surface area (Å²) in [6.45, 7) is 3.33. The predicted octanol–water partition coefficient (Wildman–Crippen LogP) is 1.32. The van der Waals surface area contributed by atoms with Crippen LogP contribution >= 0.6 is 0 Å². The Morgan fingerprint density at radius 1 is 1.29 bits per heavy atom. The van der Waals surface area contributed by atoms with Crippen LogP contribution in [-0.4, -0.2) is 47.3 Å². The summed E-state index contributed by atoms with van der Waals surface area (Å²) in [5.74, 6) is 0.209. The Labute approximate surface area is 103 Å². The minimum Gasteiger partial charge on any atom is -0.393 e. The Balaban J connectivity index is 1.80. The summed E-state index contributed by atoms with van der Waals surface area (Å²) < 4.78 is 5.36. The van der Waals surface area contributed by atoms with E-state index in [2.05, 4.69) is 6.92 Å². The molecule has 2 atom stereocenters. The van der Waals surface area contributed by atoms with Crippen LogP contribution in [-0.2, 0) is 9.53 Å². The highest BCUT2D eigenvalue weighted by molar-refractivity contribution is 5.77. The molecule has 2 saturated heterocycles. The molecule has 4 nitrogen and oxygen atoms in total. The highest BCUT2D eigenvalue weighted by atomic mass is 16.5.